The molecule has 124 valence electrons. The topological polar surface area (TPSA) is 75.6 Å². The number of aryl methyl sites for hydroxylation is 2. The van der Waals surface area contributed by atoms with Gasteiger partial charge in [0.25, 0.3) is 5.91 Å². The second-order valence-electron chi connectivity index (χ2n) is 5.74. The third kappa shape index (κ3) is 3.53. The summed E-state index contributed by atoms with van der Waals surface area (Å²) in [6.07, 6.45) is 5.99. The van der Waals surface area contributed by atoms with E-state index in [0.29, 0.717) is 17.8 Å². The van der Waals surface area contributed by atoms with E-state index in [1.807, 2.05) is 23.9 Å². The molecule has 0 saturated carbocycles. The SMILES string of the molecule is CCn1cc(-c2[nH]ncc2C(=O)NCCc2cccc(C)c2)cn1. The van der Waals surface area contributed by atoms with Crippen LogP contribution in [0, 0.1) is 6.92 Å². The Kier molecular flexibility index (Phi) is 4.74. The zero-order chi connectivity index (χ0) is 16.9. The number of aromatic nitrogens is 4. The summed E-state index contributed by atoms with van der Waals surface area (Å²) in [6, 6.07) is 8.30. The van der Waals surface area contributed by atoms with E-state index in [1.54, 1.807) is 12.4 Å². The average molecular weight is 323 g/mol. The molecular formula is C18H21N5O. The van der Waals surface area contributed by atoms with Gasteiger partial charge in [0.2, 0.25) is 0 Å². The molecule has 1 aromatic carbocycles. The van der Waals surface area contributed by atoms with Crippen LogP contribution in [0.2, 0.25) is 0 Å². The van der Waals surface area contributed by atoms with Gasteiger partial charge < -0.3 is 5.32 Å². The Hall–Kier alpha value is -2.89. The van der Waals surface area contributed by atoms with E-state index in [0.717, 1.165) is 18.5 Å². The number of H-pyrrole nitrogens is 1. The molecule has 2 N–H and O–H groups in total. The molecule has 0 aliphatic carbocycles. The highest BCUT2D eigenvalue weighted by atomic mass is 16.1. The minimum atomic E-state index is -0.129. The number of rotatable bonds is 6. The van der Waals surface area contributed by atoms with Gasteiger partial charge in [-0.15, -0.1) is 0 Å². The van der Waals surface area contributed by atoms with Gasteiger partial charge in [0, 0.05) is 24.8 Å². The highest BCUT2D eigenvalue weighted by Crippen LogP contribution is 2.20. The van der Waals surface area contributed by atoms with Gasteiger partial charge in [-0.25, -0.2) is 0 Å². The molecule has 1 amide bonds. The molecule has 2 heterocycles. The Balaban J connectivity index is 1.64. The summed E-state index contributed by atoms with van der Waals surface area (Å²) >= 11 is 0. The van der Waals surface area contributed by atoms with Crippen molar-refractivity contribution in [2.24, 2.45) is 0 Å². The molecule has 0 saturated heterocycles. The maximum atomic E-state index is 12.4. The van der Waals surface area contributed by atoms with Crippen LogP contribution in [0.4, 0.5) is 0 Å². The smallest absolute Gasteiger partial charge is 0.255 e. The van der Waals surface area contributed by atoms with Gasteiger partial charge in [-0.1, -0.05) is 29.8 Å². The molecular weight excluding hydrogens is 302 g/mol. The van der Waals surface area contributed by atoms with E-state index in [1.165, 1.54) is 11.1 Å². The van der Waals surface area contributed by atoms with Gasteiger partial charge in [0.1, 0.15) is 0 Å². The van der Waals surface area contributed by atoms with Crippen molar-refractivity contribution in [3.63, 3.8) is 0 Å². The fourth-order valence-corrected chi connectivity index (χ4v) is 2.63. The van der Waals surface area contributed by atoms with Crippen molar-refractivity contribution in [2.75, 3.05) is 6.54 Å². The molecule has 0 fully saturated rings. The van der Waals surface area contributed by atoms with E-state index in [9.17, 15) is 4.79 Å². The lowest BCUT2D eigenvalue weighted by atomic mass is 10.1. The van der Waals surface area contributed by atoms with Gasteiger partial charge in [-0.05, 0) is 25.8 Å². The van der Waals surface area contributed by atoms with Crippen molar-refractivity contribution in [1.29, 1.82) is 0 Å². The summed E-state index contributed by atoms with van der Waals surface area (Å²) in [5.74, 6) is -0.129. The molecule has 0 aliphatic rings. The molecule has 6 heteroatoms. The van der Waals surface area contributed by atoms with E-state index < -0.39 is 0 Å². The van der Waals surface area contributed by atoms with Crippen molar-refractivity contribution < 1.29 is 4.79 Å². The minimum absolute atomic E-state index is 0.129. The van der Waals surface area contributed by atoms with Crippen LogP contribution in [0.5, 0.6) is 0 Å². The van der Waals surface area contributed by atoms with Crippen LogP contribution < -0.4 is 5.32 Å². The lowest BCUT2D eigenvalue weighted by Crippen LogP contribution is -2.25. The first-order chi connectivity index (χ1) is 11.7. The van der Waals surface area contributed by atoms with Crippen LogP contribution in [0.1, 0.15) is 28.4 Å². The second-order valence-corrected chi connectivity index (χ2v) is 5.74. The lowest BCUT2D eigenvalue weighted by molar-refractivity contribution is 0.0955. The number of carbonyl (C=O) groups is 1. The third-order valence-electron chi connectivity index (χ3n) is 3.91. The van der Waals surface area contributed by atoms with Crippen LogP contribution in [0.3, 0.4) is 0 Å². The zero-order valence-electron chi connectivity index (χ0n) is 13.9. The summed E-state index contributed by atoms with van der Waals surface area (Å²) in [6.45, 7) is 5.45. The highest BCUT2D eigenvalue weighted by molar-refractivity contribution is 5.99. The van der Waals surface area contributed by atoms with Crippen molar-refractivity contribution in [2.45, 2.75) is 26.8 Å². The maximum Gasteiger partial charge on any atom is 0.255 e. The van der Waals surface area contributed by atoms with Crippen molar-refractivity contribution in [1.82, 2.24) is 25.3 Å². The molecule has 24 heavy (non-hydrogen) atoms. The second kappa shape index (κ2) is 7.12. The minimum Gasteiger partial charge on any atom is -0.352 e. The monoisotopic (exact) mass is 323 g/mol. The number of hydrogen-bond acceptors (Lipinski definition) is 3. The Morgan fingerprint density at radius 1 is 1.33 bits per heavy atom. The fraction of sp³-hybridized carbons (Fsp3) is 0.278. The van der Waals surface area contributed by atoms with Gasteiger partial charge in [-0.2, -0.15) is 10.2 Å². The molecule has 2 aromatic heterocycles. The number of hydrogen-bond donors (Lipinski definition) is 2. The van der Waals surface area contributed by atoms with E-state index in [2.05, 4.69) is 45.7 Å². The molecule has 3 aromatic rings. The van der Waals surface area contributed by atoms with E-state index in [-0.39, 0.29) is 5.91 Å². The molecule has 0 radical (unpaired) electrons. The molecule has 6 nitrogen and oxygen atoms in total. The van der Waals surface area contributed by atoms with Crippen LogP contribution >= 0.6 is 0 Å². The Morgan fingerprint density at radius 2 is 2.21 bits per heavy atom. The molecule has 0 aliphatic heterocycles. The Labute approximate surface area is 140 Å². The summed E-state index contributed by atoms with van der Waals surface area (Å²) in [4.78, 5) is 12.4. The molecule has 0 spiro atoms. The van der Waals surface area contributed by atoms with Gasteiger partial charge >= 0.3 is 0 Å². The number of carbonyl (C=O) groups excluding carboxylic acids is 1. The molecule has 0 unspecified atom stereocenters. The largest absolute Gasteiger partial charge is 0.352 e. The van der Waals surface area contributed by atoms with Crippen LogP contribution in [0.25, 0.3) is 11.3 Å². The number of amides is 1. The number of nitrogens with zero attached hydrogens (tertiary/aromatic N) is 3. The Morgan fingerprint density at radius 3 is 2.96 bits per heavy atom. The quantitative estimate of drug-likeness (QED) is 0.732. The number of nitrogens with one attached hydrogen (secondary N) is 2. The average Bonchev–Trinajstić information content (AvgIpc) is 3.23. The van der Waals surface area contributed by atoms with Crippen molar-refractivity contribution in [3.8, 4) is 11.3 Å². The predicted molar refractivity (Wildman–Crippen MR) is 92.7 cm³/mol. The van der Waals surface area contributed by atoms with Gasteiger partial charge in [-0.3, -0.25) is 14.6 Å². The van der Waals surface area contributed by atoms with E-state index >= 15 is 0 Å². The van der Waals surface area contributed by atoms with Crippen LogP contribution in [-0.2, 0) is 13.0 Å². The first-order valence-corrected chi connectivity index (χ1v) is 8.07. The molecule has 0 bridgehead atoms. The first-order valence-electron chi connectivity index (χ1n) is 8.07. The number of aromatic amines is 1. The summed E-state index contributed by atoms with van der Waals surface area (Å²) in [5, 5.41) is 14.1. The third-order valence-corrected chi connectivity index (χ3v) is 3.91. The van der Waals surface area contributed by atoms with Crippen LogP contribution in [-0.4, -0.2) is 32.4 Å². The van der Waals surface area contributed by atoms with Gasteiger partial charge in [0.05, 0.1) is 23.7 Å². The lowest BCUT2D eigenvalue weighted by Gasteiger charge is -2.06. The van der Waals surface area contributed by atoms with Crippen LogP contribution in [0.15, 0.2) is 42.9 Å². The van der Waals surface area contributed by atoms with Crippen molar-refractivity contribution in [3.05, 3.63) is 59.5 Å². The summed E-state index contributed by atoms with van der Waals surface area (Å²) < 4.78 is 1.82. The normalized spacial score (nSPS) is 10.8. The highest BCUT2D eigenvalue weighted by Gasteiger charge is 2.16. The summed E-state index contributed by atoms with van der Waals surface area (Å²) in [7, 11) is 0. The zero-order valence-corrected chi connectivity index (χ0v) is 13.9. The van der Waals surface area contributed by atoms with Crippen molar-refractivity contribution >= 4 is 5.91 Å². The predicted octanol–water partition coefficient (Wildman–Crippen LogP) is 2.57. The van der Waals surface area contributed by atoms with Gasteiger partial charge in [0.15, 0.2) is 0 Å². The van der Waals surface area contributed by atoms with E-state index in [4.69, 9.17) is 0 Å². The fourth-order valence-electron chi connectivity index (χ4n) is 2.63. The molecule has 0 atom stereocenters. The Bertz CT molecular complexity index is 833. The molecule has 3 rings (SSSR count). The number of benzene rings is 1. The summed E-state index contributed by atoms with van der Waals surface area (Å²) in [5.41, 5.74) is 4.53. The first kappa shape index (κ1) is 16.0. The standard InChI is InChI=1S/C18H21N5O/c1-3-23-12-15(10-21-23)17-16(11-20-22-17)18(24)19-8-7-14-6-4-5-13(2)9-14/h4-6,9-12H,3,7-8H2,1-2H3,(H,19,24)(H,20,22). The maximum absolute atomic E-state index is 12.4.